The fraction of sp³-hybridized carbons (Fsp3) is 0.704. The molecule has 6 heteroatoms. The van der Waals surface area contributed by atoms with Gasteiger partial charge in [-0.2, -0.15) is 0 Å². The third-order valence-electron chi connectivity index (χ3n) is 7.73. The van der Waals surface area contributed by atoms with Crippen molar-refractivity contribution in [1.82, 2.24) is 10.2 Å². The van der Waals surface area contributed by atoms with Crippen LogP contribution < -0.4 is 16.8 Å². The van der Waals surface area contributed by atoms with Crippen LogP contribution in [0.2, 0.25) is 0 Å². The summed E-state index contributed by atoms with van der Waals surface area (Å²) in [6, 6.07) is 10.5. The first-order valence-corrected chi connectivity index (χ1v) is 13.1. The minimum Gasteiger partial charge on any atom is -0.356 e. The molecule has 2 aliphatic rings. The zero-order valence-corrected chi connectivity index (χ0v) is 20.4. The van der Waals surface area contributed by atoms with Gasteiger partial charge in [0.25, 0.3) is 0 Å². The van der Waals surface area contributed by atoms with Crippen LogP contribution in [0.5, 0.6) is 0 Å². The molecule has 6 nitrogen and oxygen atoms in total. The molecule has 2 amide bonds. The number of nitrogens with zero attached hydrogens (tertiary/aromatic N) is 1. The highest BCUT2D eigenvalue weighted by molar-refractivity contribution is 5.82. The van der Waals surface area contributed by atoms with Gasteiger partial charge in [-0.05, 0) is 82.2 Å². The number of hydrogen-bond acceptors (Lipinski definition) is 4. The van der Waals surface area contributed by atoms with Gasteiger partial charge in [-0.3, -0.25) is 9.59 Å². The van der Waals surface area contributed by atoms with Crippen molar-refractivity contribution in [3.63, 3.8) is 0 Å². The maximum Gasteiger partial charge on any atom is 0.239 e. The Hall–Kier alpha value is -1.92. The van der Waals surface area contributed by atoms with Crippen LogP contribution in [0.15, 0.2) is 30.3 Å². The molecule has 1 aromatic carbocycles. The van der Waals surface area contributed by atoms with Crippen LogP contribution >= 0.6 is 0 Å². The Morgan fingerprint density at radius 3 is 2.55 bits per heavy atom. The topological polar surface area (TPSA) is 101 Å². The number of carbonyl (C=O) groups excluding carboxylic acids is 2. The van der Waals surface area contributed by atoms with Gasteiger partial charge in [0.05, 0.1) is 6.04 Å². The molecule has 0 heterocycles. The summed E-state index contributed by atoms with van der Waals surface area (Å²) >= 11 is 0. The van der Waals surface area contributed by atoms with E-state index in [2.05, 4.69) is 47.5 Å². The second kappa shape index (κ2) is 13.1. The van der Waals surface area contributed by atoms with Gasteiger partial charge in [0.1, 0.15) is 0 Å². The number of nitrogens with two attached hydrogens (primary N) is 2. The monoisotopic (exact) mass is 456 g/mol. The number of fused-ring (bicyclic) bond motifs is 2. The molecule has 33 heavy (non-hydrogen) atoms. The molecule has 2 bridgehead atoms. The Balaban J connectivity index is 1.45. The number of likely N-dealkylation sites (N-methyl/N-ethyl adjacent to an activating group) is 1. The van der Waals surface area contributed by atoms with Gasteiger partial charge in [-0.25, -0.2) is 0 Å². The third kappa shape index (κ3) is 6.80. The van der Waals surface area contributed by atoms with Crippen molar-refractivity contribution in [1.29, 1.82) is 0 Å². The number of unbranched alkanes of at least 4 members (excludes halogenated alkanes) is 3. The Morgan fingerprint density at radius 2 is 1.82 bits per heavy atom. The number of carbonyl (C=O) groups is 2. The lowest BCUT2D eigenvalue weighted by molar-refractivity contribution is -0.136. The molecule has 184 valence electrons. The van der Waals surface area contributed by atoms with Crippen molar-refractivity contribution in [3.05, 3.63) is 35.9 Å². The average Bonchev–Trinajstić information content (AvgIpc) is 3.45. The Morgan fingerprint density at radius 1 is 1.06 bits per heavy atom. The molecule has 0 radical (unpaired) electrons. The summed E-state index contributed by atoms with van der Waals surface area (Å²) in [4.78, 5) is 27.3. The molecular formula is C27H44N4O2. The predicted molar refractivity (Wildman–Crippen MR) is 134 cm³/mol. The smallest absolute Gasteiger partial charge is 0.239 e. The van der Waals surface area contributed by atoms with E-state index < -0.39 is 6.04 Å². The molecular weight excluding hydrogens is 412 g/mol. The van der Waals surface area contributed by atoms with E-state index in [1.807, 2.05) is 0 Å². The number of amides is 2. The van der Waals surface area contributed by atoms with E-state index in [1.54, 1.807) is 0 Å². The summed E-state index contributed by atoms with van der Waals surface area (Å²) in [7, 11) is 0. The van der Waals surface area contributed by atoms with E-state index in [0.717, 1.165) is 32.1 Å². The van der Waals surface area contributed by atoms with Gasteiger partial charge in [0, 0.05) is 31.5 Å². The van der Waals surface area contributed by atoms with Crippen LogP contribution in [0, 0.1) is 11.8 Å². The molecule has 4 unspecified atom stereocenters. The van der Waals surface area contributed by atoms with Crippen molar-refractivity contribution >= 4 is 11.8 Å². The van der Waals surface area contributed by atoms with Crippen LogP contribution in [0.4, 0.5) is 0 Å². The van der Waals surface area contributed by atoms with Crippen molar-refractivity contribution in [2.75, 3.05) is 19.6 Å². The molecule has 1 aromatic rings. The van der Waals surface area contributed by atoms with E-state index in [9.17, 15) is 9.59 Å². The fourth-order valence-corrected chi connectivity index (χ4v) is 6.12. The fourth-order valence-electron chi connectivity index (χ4n) is 6.12. The molecule has 0 aliphatic heterocycles. The highest BCUT2D eigenvalue weighted by Crippen LogP contribution is 2.54. The van der Waals surface area contributed by atoms with Crippen molar-refractivity contribution < 1.29 is 9.59 Å². The lowest BCUT2D eigenvalue weighted by Crippen LogP contribution is -2.52. The predicted octanol–water partition coefficient (Wildman–Crippen LogP) is 3.55. The van der Waals surface area contributed by atoms with Crippen molar-refractivity contribution in [3.8, 4) is 0 Å². The van der Waals surface area contributed by atoms with Gasteiger partial charge in [0.2, 0.25) is 11.8 Å². The van der Waals surface area contributed by atoms with Gasteiger partial charge in [-0.1, -0.05) is 36.8 Å². The van der Waals surface area contributed by atoms with E-state index in [4.69, 9.17) is 11.5 Å². The summed E-state index contributed by atoms with van der Waals surface area (Å²) in [6.07, 6.45) is 9.52. The van der Waals surface area contributed by atoms with Gasteiger partial charge < -0.3 is 21.7 Å². The van der Waals surface area contributed by atoms with E-state index in [-0.39, 0.29) is 17.9 Å². The van der Waals surface area contributed by atoms with E-state index >= 15 is 0 Å². The lowest BCUT2D eigenvalue weighted by Gasteiger charge is -2.40. The second-order valence-corrected chi connectivity index (χ2v) is 9.94. The molecule has 5 N–H and O–H groups in total. The Bertz CT molecular complexity index is 741. The molecule has 2 aliphatic carbocycles. The van der Waals surface area contributed by atoms with E-state index in [0.29, 0.717) is 50.2 Å². The Labute approximate surface area is 199 Å². The second-order valence-electron chi connectivity index (χ2n) is 9.94. The van der Waals surface area contributed by atoms with Crippen LogP contribution in [-0.2, 0) is 9.59 Å². The van der Waals surface area contributed by atoms with E-state index in [1.165, 1.54) is 24.8 Å². The molecule has 2 saturated carbocycles. The van der Waals surface area contributed by atoms with Crippen LogP contribution in [0.25, 0.3) is 0 Å². The minimum atomic E-state index is -0.465. The number of nitrogens with one attached hydrogen (secondary N) is 1. The van der Waals surface area contributed by atoms with Crippen molar-refractivity contribution in [2.45, 2.75) is 89.1 Å². The minimum absolute atomic E-state index is 0.0971. The standard InChI is InChI=1S/C27H44N4O2/c1-2-31(26-22-16-15-21(19-22)25(26)20-11-5-3-6-12-20)27(33)23(29)13-8-10-18-30-24(32)14-7-4-9-17-28/h3,5-6,11-12,21-23,25-26H,2,4,7-10,13-19,28-29H2,1H3,(H,30,32)/t21?,22?,23-,25?,26?/m0/s1. The highest BCUT2D eigenvalue weighted by atomic mass is 16.2. The normalized spacial score (nSPS) is 24.6. The number of hydrogen-bond donors (Lipinski definition) is 3. The maximum atomic E-state index is 13.4. The van der Waals surface area contributed by atoms with Gasteiger partial charge in [0.15, 0.2) is 0 Å². The first-order valence-electron chi connectivity index (χ1n) is 13.1. The molecule has 0 spiro atoms. The lowest BCUT2D eigenvalue weighted by atomic mass is 9.78. The van der Waals surface area contributed by atoms with Gasteiger partial charge >= 0.3 is 0 Å². The van der Waals surface area contributed by atoms with Crippen LogP contribution in [0.1, 0.15) is 82.6 Å². The zero-order valence-electron chi connectivity index (χ0n) is 20.4. The first kappa shape index (κ1) is 25.7. The summed E-state index contributed by atoms with van der Waals surface area (Å²) < 4.78 is 0. The summed E-state index contributed by atoms with van der Waals surface area (Å²) in [5.74, 6) is 1.91. The summed E-state index contributed by atoms with van der Waals surface area (Å²) in [5, 5.41) is 2.98. The molecule has 0 saturated heterocycles. The average molecular weight is 457 g/mol. The van der Waals surface area contributed by atoms with Crippen molar-refractivity contribution in [2.24, 2.45) is 23.3 Å². The Kier molecular flexibility index (Phi) is 10.2. The third-order valence-corrected chi connectivity index (χ3v) is 7.73. The zero-order chi connectivity index (χ0) is 23.6. The quantitative estimate of drug-likeness (QED) is 0.373. The van der Waals surface area contributed by atoms with Crippen LogP contribution in [-0.4, -0.2) is 48.4 Å². The number of rotatable bonds is 14. The first-order chi connectivity index (χ1) is 16.1. The SMILES string of the molecule is CCN(C(=O)[C@@H](N)CCCCNC(=O)CCCCCN)C1C2CCC(C2)C1c1ccccc1. The largest absolute Gasteiger partial charge is 0.356 e. The van der Waals surface area contributed by atoms with Crippen LogP contribution in [0.3, 0.4) is 0 Å². The maximum absolute atomic E-state index is 13.4. The van der Waals surface area contributed by atoms with Gasteiger partial charge in [-0.15, -0.1) is 0 Å². The summed E-state index contributed by atoms with van der Waals surface area (Å²) in [5.41, 5.74) is 13.2. The number of benzene rings is 1. The highest BCUT2D eigenvalue weighted by Gasteiger charge is 2.51. The summed E-state index contributed by atoms with van der Waals surface area (Å²) in [6.45, 7) is 4.13. The molecule has 0 aromatic heterocycles. The molecule has 3 rings (SSSR count). The molecule has 2 fully saturated rings. The molecule has 5 atom stereocenters.